The van der Waals surface area contributed by atoms with Gasteiger partial charge in [-0.15, -0.1) is 11.3 Å². The Balaban J connectivity index is 2.75. The Bertz CT molecular complexity index is 447. The lowest BCUT2D eigenvalue weighted by molar-refractivity contribution is 0.638. The van der Waals surface area contributed by atoms with Gasteiger partial charge in [-0.05, 0) is 30.2 Å². The highest BCUT2D eigenvalue weighted by Crippen LogP contribution is 2.31. The van der Waals surface area contributed by atoms with E-state index in [1.54, 1.807) is 12.1 Å². The molecule has 0 saturated heterocycles. The van der Waals surface area contributed by atoms with Crippen LogP contribution in [-0.4, -0.2) is 0 Å². The van der Waals surface area contributed by atoms with Crippen LogP contribution in [0.2, 0.25) is 4.34 Å². The summed E-state index contributed by atoms with van der Waals surface area (Å²) in [6, 6.07) is 5.25. The van der Waals surface area contributed by atoms with Gasteiger partial charge >= 0.3 is 0 Å². The van der Waals surface area contributed by atoms with E-state index in [-0.39, 0.29) is 5.82 Å². The van der Waals surface area contributed by atoms with E-state index in [1.807, 2.05) is 13.0 Å². The predicted octanol–water partition coefficient (Wildman–Crippen LogP) is 4.26. The van der Waals surface area contributed by atoms with Crippen LogP contribution in [0.1, 0.15) is 12.5 Å². The third kappa shape index (κ3) is 1.56. The molecule has 0 aliphatic carbocycles. The fourth-order valence-electron chi connectivity index (χ4n) is 1.32. The summed E-state index contributed by atoms with van der Waals surface area (Å²) in [5, 5.41) is 0.632. The number of halogens is 2. The van der Waals surface area contributed by atoms with Crippen LogP contribution in [0.25, 0.3) is 10.1 Å². The number of rotatable bonds is 1. The molecule has 13 heavy (non-hydrogen) atoms. The van der Waals surface area contributed by atoms with E-state index in [0.29, 0.717) is 9.72 Å². The highest BCUT2D eigenvalue weighted by molar-refractivity contribution is 7.22. The summed E-state index contributed by atoms with van der Waals surface area (Å²) in [6.45, 7) is 2.01. The molecule has 0 aliphatic heterocycles. The molecule has 0 aliphatic rings. The predicted molar refractivity (Wildman–Crippen MR) is 56.2 cm³/mol. The van der Waals surface area contributed by atoms with Gasteiger partial charge in [-0.3, -0.25) is 0 Å². The number of thiophene rings is 1. The smallest absolute Gasteiger partial charge is 0.132 e. The highest BCUT2D eigenvalue weighted by Gasteiger charge is 2.06. The topological polar surface area (TPSA) is 0 Å². The quantitative estimate of drug-likeness (QED) is 0.666. The molecule has 1 aromatic heterocycles. The van der Waals surface area contributed by atoms with Gasteiger partial charge in [0.25, 0.3) is 0 Å². The van der Waals surface area contributed by atoms with Crippen LogP contribution in [0.5, 0.6) is 0 Å². The monoisotopic (exact) mass is 214 g/mol. The molecule has 0 spiro atoms. The van der Waals surface area contributed by atoms with Gasteiger partial charge in [-0.25, -0.2) is 4.39 Å². The summed E-state index contributed by atoms with van der Waals surface area (Å²) in [5.74, 6) is -0.169. The van der Waals surface area contributed by atoms with Crippen molar-refractivity contribution in [1.29, 1.82) is 0 Å². The van der Waals surface area contributed by atoms with Crippen molar-refractivity contribution in [2.45, 2.75) is 13.3 Å². The summed E-state index contributed by atoms with van der Waals surface area (Å²) < 4.78 is 15.0. The van der Waals surface area contributed by atoms with E-state index in [2.05, 4.69) is 0 Å². The van der Waals surface area contributed by atoms with Crippen molar-refractivity contribution >= 4 is 33.0 Å². The molecule has 0 N–H and O–H groups in total. The summed E-state index contributed by atoms with van der Waals surface area (Å²) in [7, 11) is 0. The minimum atomic E-state index is -0.169. The standard InChI is InChI=1S/C10H8ClFS/c1-2-6-3-8(12)7-5-10(11)13-9(7)4-6/h3-5H,2H2,1H3. The van der Waals surface area contributed by atoms with Gasteiger partial charge in [0.15, 0.2) is 0 Å². The molecule has 0 radical (unpaired) electrons. The number of aryl methyl sites for hydroxylation is 1. The molecule has 0 unspecified atom stereocenters. The molecule has 0 amide bonds. The van der Waals surface area contributed by atoms with Crippen LogP contribution in [0.15, 0.2) is 18.2 Å². The maximum absolute atomic E-state index is 13.4. The molecule has 0 atom stereocenters. The summed E-state index contributed by atoms with van der Waals surface area (Å²) in [4.78, 5) is 0. The average molecular weight is 215 g/mol. The van der Waals surface area contributed by atoms with Crippen molar-refractivity contribution in [3.63, 3.8) is 0 Å². The Morgan fingerprint density at radius 1 is 1.38 bits per heavy atom. The minimum absolute atomic E-state index is 0.169. The normalized spacial score (nSPS) is 11.0. The summed E-state index contributed by atoms with van der Waals surface area (Å²) in [6.07, 6.45) is 0.850. The van der Waals surface area contributed by atoms with E-state index < -0.39 is 0 Å². The first kappa shape index (κ1) is 8.97. The lowest BCUT2D eigenvalue weighted by Gasteiger charge is -1.97. The third-order valence-electron chi connectivity index (χ3n) is 2.02. The van der Waals surface area contributed by atoms with E-state index in [4.69, 9.17) is 11.6 Å². The molecular weight excluding hydrogens is 207 g/mol. The second-order valence-corrected chi connectivity index (χ2v) is 4.61. The second kappa shape index (κ2) is 3.28. The van der Waals surface area contributed by atoms with Crippen molar-refractivity contribution in [3.05, 3.63) is 33.9 Å². The molecule has 3 heteroatoms. The first-order valence-corrected chi connectivity index (χ1v) is 5.27. The van der Waals surface area contributed by atoms with Gasteiger partial charge in [0, 0.05) is 10.1 Å². The lowest BCUT2D eigenvalue weighted by Crippen LogP contribution is -1.82. The Morgan fingerprint density at radius 3 is 2.85 bits per heavy atom. The summed E-state index contributed by atoms with van der Waals surface area (Å²) >= 11 is 7.22. The maximum Gasteiger partial charge on any atom is 0.132 e. The maximum atomic E-state index is 13.4. The molecule has 1 heterocycles. The van der Waals surface area contributed by atoms with Crippen molar-refractivity contribution in [3.8, 4) is 0 Å². The molecular formula is C10H8ClFS. The van der Waals surface area contributed by atoms with Crippen LogP contribution in [0.4, 0.5) is 4.39 Å². The molecule has 0 nitrogen and oxygen atoms in total. The lowest BCUT2D eigenvalue weighted by atomic mass is 10.1. The molecule has 0 saturated carbocycles. The van der Waals surface area contributed by atoms with Crippen LogP contribution in [0, 0.1) is 5.82 Å². The van der Waals surface area contributed by atoms with Crippen molar-refractivity contribution < 1.29 is 4.39 Å². The van der Waals surface area contributed by atoms with Crippen molar-refractivity contribution in [2.24, 2.45) is 0 Å². The SMILES string of the molecule is CCc1cc(F)c2cc(Cl)sc2c1. The minimum Gasteiger partial charge on any atom is -0.206 e. The Kier molecular flexibility index (Phi) is 2.26. The van der Waals surface area contributed by atoms with Crippen LogP contribution >= 0.6 is 22.9 Å². The molecule has 68 valence electrons. The Morgan fingerprint density at radius 2 is 2.15 bits per heavy atom. The van der Waals surface area contributed by atoms with E-state index >= 15 is 0 Å². The van der Waals surface area contributed by atoms with E-state index in [0.717, 1.165) is 16.7 Å². The van der Waals surface area contributed by atoms with Gasteiger partial charge in [-0.1, -0.05) is 18.5 Å². The van der Waals surface area contributed by atoms with Gasteiger partial charge in [-0.2, -0.15) is 0 Å². The van der Waals surface area contributed by atoms with Crippen molar-refractivity contribution in [2.75, 3.05) is 0 Å². The number of fused-ring (bicyclic) bond motifs is 1. The third-order valence-corrected chi connectivity index (χ3v) is 3.24. The first-order valence-electron chi connectivity index (χ1n) is 4.08. The number of hydrogen-bond acceptors (Lipinski definition) is 1. The Hall–Kier alpha value is -0.600. The Labute approximate surface area is 85.0 Å². The van der Waals surface area contributed by atoms with E-state index in [1.165, 1.54) is 11.3 Å². The van der Waals surface area contributed by atoms with Gasteiger partial charge < -0.3 is 0 Å². The zero-order valence-electron chi connectivity index (χ0n) is 7.10. The summed E-state index contributed by atoms with van der Waals surface area (Å²) in [5.41, 5.74) is 1.02. The van der Waals surface area contributed by atoms with Gasteiger partial charge in [0.1, 0.15) is 5.82 Å². The average Bonchev–Trinajstić information content (AvgIpc) is 2.46. The molecule has 2 rings (SSSR count). The van der Waals surface area contributed by atoms with E-state index in [9.17, 15) is 4.39 Å². The van der Waals surface area contributed by atoms with Gasteiger partial charge in [0.2, 0.25) is 0 Å². The van der Waals surface area contributed by atoms with Crippen LogP contribution < -0.4 is 0 Å². The van der Waals surface area contributed by atoms with Crippen LogP contribution in [-0.2, 0) is 6.42 Å². The molecule has 0 fully saturated rings. The van der Waals surface area contributed by atoms with Gasteiger partial charge in [0.05, 0.1) is 4.34 Å². The number of benzene rings is 1. The fraction of sp³-hybridized carbons (Fsp3) is 0.200. The molecule has 0 bridgehead atoms. The zero-order valence-corrected chi connectivity index (χ0v) is 8.68. The number of hydrogen-bond donors (Lipinski definition) is 0. The zero-order chi connectivity index (χ0) is 9.42. The highest BCUT2D eigenvalue weighted by atomic mass is 35.5. The van der Waals surface area contributed by atoms with Crippen molar-refractivity contribution in [1.82, 2.24) is 0 Å². The first-order chi connectivity index (χ1) is 6.20. The largest absolute Gasteiger partial charge is 0.206 e. The van der Waals surface area contributed by atoms with Crippen LogP contribution in [0.3, 0.4) is 0 Å². The molecule has 2 aromatic rings. The second-order valence-electron chi connectivity index (χ2n) is 2.89. The fourth-order valence-corrected chi connectivity index (χ4v) is 2.54. The molecule has 1 aromatic carbocycles.